The summed E-state index contributed by atoms with van der Waals surface area (Å²) in [7, 11) is 0. The van der Waals surface area contributed by atoms with Crippen LogP contribution in [0.15, 0.2) is 113 Å². The highest BCUT2D eigenvalue weighted by Crippen LogP contribution is 2.40. The first-order valence-electron chi connectivity index (χ1n) is 13.1. The summed E-state index contributed by atoms with van der Waals surface area (Å²) >= 11 is 1.36. The molecular formula is C33H29FN2O3S. The Balaban J connectivity index is 1.43. The smallest absolute Gasteiger partial charge is 0.267 e. The van der Waals surface area contributed by atoms with Crippen LogP contribution in [0, 0.1) is 5.82 Å². The van der Waals surface area contributed by atoms with Gasteiger partial charge in [0.2, 0.25) is 0 Å². The minimum absolute atomic E-state index is 0.106. The SMILES string of the molecule is CCOc1cc(/C=C2/SC(=Nc3ccccc3)N([C@@H](C)c3ccccc3)C2=O)ccc1OCc1ccc(F)cc1. The van der Waals surface area contributed by atoms with Crippen LogP contribution in [0.1, 0.15) is 36.6 Å². The molecule has 5 rings (SSSR count). The molecule has 1 amide bonds. The van der Waals surface area contributed by atoms with E-state index in [4.69, 9.17) is 14.5 Å². The summed E-state index contributed by atoms with van der Waals surface area (Å²) in [5.74, 6) is 0.751. The van der Waals surface area contributed by atoms with Crippen molar-refractivity contribution in [3.8, 4) is 11.5 Å². The number of carbonyl (C=O) groups is 1. The monoisotopic (exact) mass is 552 g/mol. The van der Waals surface area contributed by atoms with Gasteiger partial charge >= 0.3 is 0 Å². The summed E-state index contributed by atoms with van der Waals surface area (Å²) in [5.41, 5.74) is 3.47. The zero-order chi connectivity index (χ0) is 27.9. The Morgan fingerprint density at radius 1 is 0.900 bits per heavy atom. The Morgan fingerprint density at radius 2 is 1.60 bits per heavy atom. The number of amidine groups is 1. The lowest BCUT2D eigenvalue weighted by Gasteiger charge is -2.24. The second-order valence-electron chi connectivity index (χ2n) is 9.16. The summed E-state index contributed by atoms with van der Waals surface area (Å²) in [4.78, 5) is 20.9. The van der Waals surface area contributed by atoms with E-state index in [0.29, 0.717) is 28.2 Å². The topological polar surface area (TPSA) is 51.1 Å². The summed E-state index contributed by atoms with van der Waals surface area (Å²) in [6, 6.07) is 31.2. The normalized spacial score (nSPS) is 16.0. The molecule has 202 valence electrons. The van der Waals surface area contributed by atoms with E-state index in [2.05, 4.69) is 0 Å². The number of halogens is 1. The number of benzene rings is 4. The predicted octanol–water partition coefficient (Wildman–Crippen LogP) is 8.17. The van der Waals surface area contributed by atoms with Gasteiger partial charge in [0.15, 0.2) is 16.7 Å². The third-order valence-electron chi connectivity index (χ3n) is 6.36. The Morgan fingerprint density at radius 3 is 2.30 bits per heavy atom. The van der Waals surface area contributed by atoms with E-state index in [0.717, 1.165) is 22.4 Å². The number of thioether (sulfide) groups is 1. The summed E-state index contributed by atoms with van der Waals surface area (Å²) < 4.78 is 25.1. The van der Waals surface area contributed by atoms with E-state index >= 15 is 0 Å². The summed E-state index contributed by atoms with van der Waals surface area (Å²) in [6.45, 7) is 4.65. The van der Waals surface area contributed by atoms with Gasteiger partial charge in [0.1, 0.15) is 12.4 Å². The molecule has 4 aromatic carbocycles. The molecule has 1 atom stereocenters. The maximum absolute atomic E-state index is 13.8. The molecule has 1 heterocycles. The molecule has 0 spiro atoms. The lowest BCUT2D eigenvalue weighted by Crippen LogP contribution is -2.32. The molecule has 7 heteroatoms. The summed E-state index contributed by atoms with van der Waals surface area (Å²) in [6.07, 6.45) is 1.86. The van der Waals surface area contributed by atoms with Gasteiger partial charge in [-0.1, -0.05) is 66.7 Å². The molecule has 5 nitrogen and oxygen atoms in total. The van der Waals surface area contributed by atoms with E-state index in [1.54, 1.807) is 17.0 Å². The second-order valence-corrected chi connectivity index (χ2v) is 10.2. The predicted molar refractivity (Wildman–Crippen MR) is 159 cm³/mol. The first-order chi connectivity index (χ1) is 19.5. The number of para-hydroxylation sites is 1. The van der Waals surface area contributed by atoms with Gasteiger partial charge in [-0.25, -0.2) is 9.38 Å². The molecular weight excluding hydrogens is 523 g/mol. The Labute approximate surface area is 238 Å². The quantitative estimate of drug-likeness (QED) is 0.197. The number of hydrogen-bond donors (Lipinski definition) is 0. The fourth-order valence-corrected chi connectivity index (χ4v) is 5.36. The third kappa shape index (κ3) is 6.43. The van der Waals surface area contributed by atoms with Crippen molar-refractivity contribution < 1.29 is 18.7 Å². The Hall–Kier alpha value is -4.36. The fourth-order valence-electron chi connectivity index (χ4n) is 4.29. The van der Waals surface area contributed by atoms with Crippen molar-refractivity contribution in [2.24, 2.45) is 4.99 Å². The van der Waals surface area contributed by atoms with E-state index in [1.165, 1.54) is 23.9 Å². The Kier molecular flexibility index (Phi) is 8.62. The average Bonchev–Trinajstić information content (AvgIpc) is 3.28. The highest BCUT2D eigenvalue weighted by atomic mass is 32.2. The molecule has 40 heavy (non-hydrogen) atoms. The van der Waals surface area contributed by atoms with Gasteiger partial charge in [0, 0.05) is 0 Å². The first kappa shape index (κ1) is 27.2. The van der Waals surface area contributed by atoms with Crippen molar-refractivity contribution in [1.29, 1.82) is 0 Å². The Bertz CT molecular complexity index is 1520. The van der Waals surface area contributed by atoms with E-state index in [-0.39, 0.29) is 24.4 Å². The molecule has 0 bridgehead atoms. The zero-order valence-corrected chi connectivity index (χ0v) is 23.1. The van der Waals surface area contributed by atoms with E-state index < -0.39 is 0 Å². The van der Waals surface area contributed by atoms with Crippen LogP contribution in [-0.2, 0) is 11.4 Å². The number of amides is 1. The van der Waals surface area contributed by atoms with Gasteiger partial charge in [-0.2, -0.15) is 0 Å². The van der Waals surface area contributed by atoms with Crippen molar-refractivity contribution >= 4 is 34.6 Å². The van der Waals surface area contributed by atoms with Crippen molar-refractivity contribution in [1.82, 2.24) is 4.90 Å². The molecule has 1 fully saturated rings. The number of hydrogen-bond acceptors (Lipinski definition) is 5. The molecule has 0 aliphatic carbocycles. The third-order valence-corrected chi connectivity index (χ3v) is 7.34. The van der Waals surface area contributed by atoms with Crippen molar-refractivity contribution in [2.45, 2.75) is 26.5 Å². The van der Waals surface area contributed by atoms with Crippen LogP contribution in [-0.4, -0.2) is 22.6 Å². The van der Waals surface area contributed by atoms with Gasteiger partial charge in [0.25, 0.3) is 5.91 Å². The first-order valence-corrected chi connectivity index (χ1v) is 13.9. The fraction of sp³-hybridized carbons (Fsp3) is 0.152. The molecule has 0 saturated carbocycles. The van der Waals surface area contributed by atoms with Crippen LogP contribution in [0.2, 0.25) is 0 Å². The van der Waals surface area contributed by atoms with Gasteiger partial charge in [-0.05, 0) is 84.8 Å². The van der Waals surface area contributed by atoms with Crippen LogP contribution < -0.4 is 9.47 Å². The highest BCUT2D eigenvalue weighted by Gasteiger charge is 2.37. The molecule has 0 N–H and O–H groups in total. The maximum Gasteiger partial charge on any atom is 0.267 e. The van der Waals surface area contributed by atoms with Crippen LogP contribution >= 0.6 is 11.8 Å². The highest BCUT2D eigenvalue weighted by molar-refractivity contribution is 8.18. The van der Waals surface area contributed by atoms with Crippen LogP contribution in [0.4, 0.5) is 10.1 Å². The van der Waals surface area contributed by atoms with Gasteiger partial charge in [-0.15, -0.1) is 0 Å². The molecule has 0 radical (unpaired) electrons. The van der Waals surface area contributed by atoms with Gasteiger partial charge < -0.3 is 9.47 Å². The number of ether oxygens (including phenoxy) is 2. The molecule has 1 aliphatic heterocycles. The molecule has 0 unspecified atom stereocenters. The molecule has 1 aliphatic rings. The van der Waals surface area contributed by atoms with Gasteiger partial charge in [-0.3, -0.25) is 9.69 Å². The maximum atomic E-state index is 13.8. The minimum atomic E-state index is -0.288. The van der Waals surface area contributed by atoms with E-state index in [9.17, 15) is 9.18 Å². The molecule has 0 aromatic heterocycles. The number of rotatable bonds is 9. The zero-order valence-electron chi connectivity index (χ0n) is 22.3. The van der Waals surface area contributed by atoms with E-state index in [1.807, 2.05) is 98.8 Å². The van der Waals surface area contributed by atoms with Crippen LogP contribution in [0.3, 0.4) is 0 Å². The lowest BCUT2D eigenvalue weighted by molar-refractivity contribution is -0.123. The van der Waals surface area contributed by atoms with Crippen LogP contribution in [0.25, 0.3) is 6.08 Å². The second kappa shape index (κ2) is 12.7. The number of carbonyl (C=O) groups excluding carboxylic acids is 1. The average molecular weight is 553 g/mol. The minimum Gasteiger partial charge on any atom is -0.490 e. The lowest BCUT2D eigenvalue weighted by atomic mass is 10.1. The van der Waals surface area contributed by atoms with Crippen molar-refractivity contribution in [3.05, 3.63) is 131 Å². The molecule has 4 aromatic rings. The number of nitrogens with zero attached hydrogens (tertiary/aromatic N) is 2. The number of aliphatic imine (C=N–C) groups is 1. The van der Waals surface area contributed by atoms with Crippen molar-refractivity contribution in [3.63, 3.8) is 0 Å². The summed E-state index contributed by atoms with van der Waals surface area (Å²) in [5, 5.41) is 0.628. The van der Waals surface area contributed by atoms with Gasteiger partial charge in [0.05, 0.1) is 23.2 Å². The van der Waals surface area contributed by atoms with Crippen molar-refractivity contribution in [2.75, 3.05) is 6.61 Å². The van der Waals surface area contributed by atoms with Crippen LogP contribution in [0.5, 0.6) is 11.5 Å². The largest absolute Gasteiger partial charge is 0.490 e. The molecule has 1 saturated heterocycles. The standard InChI is InChI=1S/C33H29FN2O3S/c1-3-38-30-20-25(16-19-29(30)39-22-24-14-17-27(34)18-15-24)21-31-32(37)36(23(2)26-10-6-4-7-11-26)33(40-31)35-28-12-8-5-9-13-28/h4-21,23H,3,22H2,1-2H3/b31-21+,35-33?/t23-/m0/s1.